The molecule has 0 radical (unpaired) electrons. The molecule has 1 heterocycles. The maximum absolute atomic E-state index is 13.3. The summed E-state index contributed by atoms with van der Waals surface area (Å²) in [5.41, 5.74) is 0.396. The molecule has 1 aromatic rings. The number of hydrogen-bond donors (Lipinski definition) is 0. The van der Waals surface area contributed by atoms with Gasteiger partial charge in [0, 0.05) is 21.1 Å². The van der Waals surface area contributed by atoms with Crippen LogP contribution < -0.4 is 0 Å². The van der Waals surface area contributed by atoms with E-state index in [9.17, 15) is 13.2 Å². The first-order valence-corrected chi connectivity index (χ1v) is 25.5. The zero-order chi connectivity index (χ0) is 23.4. The normalized spacial score (nSPS) is 25.4. The van der Waals surface area contributed by atoms with Crippen LogP contribution in [0.25, 0.3) is 0 Å². The largest absolute Gasteiger partial charge is 0.416 e. The molecule has 0 bridgehead atoms. The van der Waals surface area contributed by atoms with E-state index >= 15 is 0 Å². The lowest BCUT2D eigenvalue weighted by Crippen LogP contribution is -2.84. The Morgan fingerprint density at radius 3 is 1.73 bits per heavy atom. The predicted octanol–water partition coefficient (Wildman–Crippen LogP) is 7.78. The molecular formula is C22H39F3OSi4. The van der Waals surface area contributed by atoms with Crippen molar-refractivity contribution in [1.29, 1.82) is 0 Å². The molecule has 1 aromatic carbocycles. The van der Waals surface area contributed by atoms with Crippen LogP contribution in [0.3, 0.4) is 0 Å². The molecule has 0 aliphatic carbocycles. The molecule has 0 N–H and O–H groups in total. The summed E-state index contributed by atoms with van der Waals surface area (Å²) in [6, 6.07) is 7.09. The van der Waals surface area contributed by atoms with Gasteiger partial charge >= 0.3 is 6.18 Å². The summed E-state index contributed by atoms with van der Waals surface area (Å²) in [5, 5.41) is -0.467. The van der Waals surface area contributed by atoms with E-state index in [1.54, 1.807) is 12.1 Å². The van der Waals surface area contributed by atoms with Gasteiger partial charge in [0.1, 0.15) is 0 Å². The van der Waals surface area contributed by atoms with Gasteiger partial charge in [-0.2, -0.15) is 13.2 Å². The molecule has 2 rings (SSSR count). The number of alkyl halides is 3. The monoisotopic (exact) mass is 488 g/mol. The first-order chi connectivity index (χ1) is 13.3. The van der Waals surface area contributed by atoms with E-state index in [2.05, 4.69) is 78.0 Å². The van der Waals surface area contributed by atoms with Gasteiger partial charge in [0.05, 0.1) is 17.9 Å². The van der Waals surface area contributed by atoms with Crippen LogP contribution >= 0.6 is 0 Å². The van der Waals surface area contributed by atoms with Gasteiger partial charge in [-0.05, 0) is 43.4 Å². The number of halogens is 3. The van der Waals surface area contributed by atoms with Crippen molar-refractivity contribution in [2.45, 2.75) is 83.3 Å². The fourth-order valence-electron chi connectivity index (χ4n) is 6.11. The molecule has 1 aliphatic rings. The third kappa shape index (κ3) is 4.27. The molecule has 0 unspecified atom stereocenters. The Morgan fingerprint density at radius 2 is 1.37 bits per heavy atom. The van der Waals surface area contributed by atoms with E-state index in [1.807, 2.05) is 0 Å². The van der Waals surface area contributed by atoms with Crippen molar-refractivity contribution >= 4 is 30.6 Å². The fraction of sp³-hybridized carbons (Fsp3) is 0.636. The van der Waals surface area contributed by atoms with Crippen molar-refractivity contribution in [3.8, 4) is 0 Å². The van der Waals surface area contributed by atoms with Gasteiger partial charge in [0.25, 0.3) is 0 Å². The van der Waals surface area contributed by atoms with Crippen molar-refractivity contribution in [3.63, 3.8) is 0 Å². The minimum Gasteiger partial charge on any atom is -0.411 e. The van der Waals surface area contributed by atoms with Crippen LogP contribution in [0.4, 0.5) is 13.2 Å². The highest BCUT2D eigenvalue weighted by Crippen LogP contribution is 2.55. The maximum Gasteiger partial charge on any atom is 0.416 e. The highest BCUT2D eigenvalue weighted by Gasteiger charge is 2.69. The summed E-state index contributed by atoms with van der Waals surface area (Å²) < 4.78 is 47.3. The lowest BCUT2D eigenvalue weighted by molar-refractivity contribution is -0.137. The summed E-state index contributed by atoms with van der Waals surface area (Å²) in [7, 11) is -7.59. The van der Waals surface area contributed by atoms with E-state index in [1.165, 1.54) is 12.1 Å². The molecule has 0 saturated heterocycles. The zero-order valence-corrected chi connectivity index (χ0v) is 24.3. The zero-order valence-electron chi connectivity index (χ0n) is 20.3. The van der Waals surface area contributed by atoms with Gasteiger partial charge in [-0.1, -0.05) is 70.5 Å². The topological polar surface area (TPSA) is 9.23 Å². The number of rotatable bonds is 5. The Hall–Kier alpha value is -0.422. The summed E-state index contributed by atoms with van der Waals surface area (Å²) in [4.78, 5) is 0. The van der Waals surface area contributed by atoms with Crippen LogP contribution in [0, 0.1) is 5.92 Å². The van der Waals surface area contributed by atoms with Crippen LogP contribution in [0.5, 0.6) is 0 Å². The minimum absolute atomic E-state index is 0.153. The molecule has 0 amide bonds. The van der Waals surface area contributed by atoms with Crippen molar-refractivity contribution in [2.75, 3.05) is 0 Å². The average molecular weight is 489 g/mol. The third-order valence-electron chi connectivity index (χ3n) is 6.79. The van der Waals surface area contributed by atoms with Gasteiger partial charge in [-0.15, -0.1) is 0 Å². The second-order valence-electron chi connectivity index (χ2n) is 11.9. The fourth-order valence-corrected chi connectivity index (χ4v) is 58.2. The Morgan fingerprint density at radius 1 is 0.900 bits per heavy atom. The Kier molecular flexibility index (Phi) is 6.77. The molecule has 0 aromatic heterocycles. The minimum atomic E-state index is -4.32. The SMILES string of the molecule is C[C@H]1C=CC[Si]([Si](C)(C)C)([Si](C)(C)C)[C@]1(O[Si](C)(C)C)c1ccc(C(F)(F)F)cc1. The maximum atomic E-state index is 13.3. The molecule has 8 heteroatoms. The van der Waals surface area contributed by atoms with Gasteiger partial charge < -0.3 is 4.43 Å². The summed E-state index contributed by atoms with van der Waals surface area (Å²) in [5.74, 6) is 0.153. The van der Waals surface area contributed by atoms with E-state index < -0.39 is 47.6 Å². The van der Waals surface area contributed by atoms with E-state index in [0.29, 0.717) is 0 Å². The van der Waals surface area contributed by atoms with Crippen molar-refractivity contribution in [1.82, 2.24) is 0 Å². The molecule has 1 aliphatic heterocycles. The van der Waals surface area contributed by atoms with Crippen LogP contribution in [-0.2, 0) is 15.8 Å². The molecule has 30 heavy (non-hydrogen) atoms. The molecule has 0 spiro atoms. The van der Waals surface area contributed by atoms with Crippen molar-refractivity contribution in [3.05, 3.63) is 47.5 Å². The van der Waals surface area contributed by atoms with Gasteiger partial charge in [0.15, 0.2) is 8.32 Å². The average Bonchev–Trinajstić information content (AvgIpc) is 2.52. The molecular weight excluding hydrogens is 450 g/mol. The molecule has 1 nitrogen and oxygen atoms in total. The van der Waals surface area contributed by atoms with Gasteiger partial charge in [-0.25, -0.2) is 0 Å². The number of benzene rings is 1. The quantitative estimate of drug-likeness (QED) is 0.304. The van der Waals surface area contributed by atoms with Crippen LogP contribution in [-0.4, -0.2) is 30.6 Å². The van der Waals surface area contributed by atoms with Gasteiger partial charge in [-0.3, -0.25) is 0 Å². The van der Waals surface area contributed by atoms with E-state index in [4.69, 9.17) is 4.43 Å². The van der Waals surface area contributed by atoms with Crippen LogP contribution in [0.15, 0.2) is 36.4 Å². The first-order valence-electron chi connectivity index (χ1n) is 10.8. The van der Waals surface area contributed by atoms with Crippen LogP contribution in [0.1, 0.15) is 18.1 Å². The Bertz CT molecular complexity index is 769. The van der Waals surface area contributed by atoms with Crippen LogP contribution in [0.2, 0.25) is 65.0 Å². The molecule has 2 atom stereocenters. The predicted molar refractivity (Wildman–Crippen MR) is 133 cm³/mol. The first kappa shape index (κ1) is 25.8. The molecule has 0 saturated carbocycles. The third-order valence-corrected chi connectivity index (χ3v) is 48.3. The number of hydrogen-bond acceptors (Lipinski definition) is 1. The van der Waals surface area contributed by atoms with E-state index in [0.717, 1.165) is 11.6 Å². The van der Waals surface area contributed by atoms with E-state index in [-0.39, 0.29) is 5.92 Å². The van der Waals surface area contributed by atoms with Crippen molar-refractivity contribution in [2.24, 2.45) is 5.92 Å². The highest BCUT2D eigenvalue weighted by atomic mass is 29.6. The summed E-state index contributed by atoms with van der Waals surface area (Å²) in [6.45, 7) is 23.8. The summed E-state index contributed by atoms with van der Waals surface area (Å²) in [6.07, 6.45) is 0.322. The smallest absolute Gasteiger partial charge is 0.411 e. The lowest BCUT2D eigenvalue weighted by Gasteiger charge is -2.65. The molecule has 170 valence electrons. The Balaban J connectivity index is 2.96. The highest BCUT2D eigenvalue weighted by molar-refractivity contribution is 7.69. The Labute approximate surface area is 184 Å². The standard InChI is InChI=1S/C22H39F3OSi4/c1-18-12-11-17-30(28(5,6)7,29(8,9)10)21(18,26-27(2,3)4)19-13-15-20(16-14-19)22(23,24)25/h11-16,18H,17H2,1-10H3/t18-,21-/m0/s1. The van der Waals surface area contributed by atoms with Crippen molar-refractivity contribution < 1.29 is 17.6 Å². The second-order valence-corrected chi connectivity index (χ2v) is 43.9. The summed E-state index contributed by atoms with van der Waals surface area (Å²) >= 11 is 0. The number of allylic oxidation sites excluding steroid dienone is 1. The van der Waals surface area contributed by atoms with Gasteiger partial charge in [0.2, 0.25) is 0 Å². The lowest BCUT2D eigenvalue weighted by atomic mass is 9.94. The second kappa shape index (κ2) is 7.86. The molecule has 0 fully saturated rings.